The van der Waals surface area contributed by atoms with Gasteiger partial charge in [0, 0.05) is 11.1 Å². The number of hydrogen-bond acceptors (Lipinski definition) is 4. The first-order valence-corrected chi connectivity index (χ1v) is 6.74. The minimum atomic E-state index is -0.222. The predicted octanol–water partition coefficient (Wildman–Crippen LogP) is 3.18. The van der Waals surface area contributed by atoms with Gasteiger partial charge in [0.05, 0.1) is 12.2 Å². The molecule has 1 aromatic rings. The van der Waals surface area contributed by atoms with E-state index in [0.717, 1.165) is 5.69 Å². The number of aromatic nitrogens is 1. The van der Waals surface area contributed by atoms with E-state index in [9.17, 15) is 0 Å². The molecular formula is C13H20N2OS. The molecule has 0 aliphatic heterocycles. The molecule has 1 rings (SSSR count). The van der Waals surface area contributed by atoms with Gasteiger partial charge in [0.1, 0.15) is 5.60 Å². The van der Waals surface area contributed by atoms with Crippen LogP contribution >= 0.6 is 11.8 Å². The molecule has 4 heteroatoms. The molecule has 1 aromatic heterocycles. The van der Waals surface area contributed by atoms with E-state index in [4.69, 9.17) is 4.74 Å². The van der Waals surface area contributed by atoms with Crippen LogP contribution in [0.4, 0.5) is 0 Å². The number of hydrogen-bond donors (Lipinski definition) is 1. The Morgan fingerprint density at radius 3 is 2.65 bits per heavy atom. The van der Waals surface area contributed by atoms with Crippen molar-refractivity contribution in [1.29, 1.82) is 0 Å². The molecule has 0 aliphatic carbocycles. The highest BCUT2D eigenvalue weighted by atomic mass is 32.2. The summed E-state index contributed by atoms with van der Waals surface area (Å²) in [5, 5.41) is 3.11. The van der Waals surface area contributed by atoms with Crippen LogP contribution in [0.25, 0.3) is 0 Å². The summed E-state index contributed by atoms with van der Waals surface area (Å²) >= 11 is 1.68. The third-order valence-corrected chi connectivity index (χ3v) is 2.64. The molecule has 0 unspecified atom stereocenters. The third kappa shape index (κ3) is 5.63. The molecule has 0 aliphatic rings. The molecule has 0 atom stereocenters. The molecule has 0 spiro atoms. The normalized spacial score (nSPS) is 11.1. The Hall–Kier alpha value is -1.16. The summed E-state index contributed by atoms with van der Waals surface area (Å²) in [4.78, 5) is 5.50. The Kier molecular flexibility index (Phi) is 4.87. The summed E-state index contributed by atoms with van der Waals surface area (Å²) in [5.41, 5.74) is 0.752. The molecule has 0 bridgehead atoms. The average Bonchev–Trinajstić information content (AvgIpc) is 2.25. The van der Waals surface area contributed by atoms with Crippen LogP contribution in [0.15, 0.2) is 35.7 Å². The molecule has 0 aromatic carbocycles. The van der Waals surface area contributed by atoms with Gasteiger partial charge in [-0.05, 0) is 45.7 Å². The summed E-state index contributed by atoms with van der Waals surface area (Å²) in [5.74, 6) is 0.577. The van der Waals surface area contributed by atoms with E-state index < -0.39 is 0 Å². The van der Waals surface area contributed by atoms with E-state index in [1.807, 2.05) is 39.3 Å². The van der Waals surface area contributed by atoms with Crippen molar-refractivity contribution in [2.75, 3.05) is 6.26 Å². The van der Waals surface area contributed by atoms with Gasteiger partial charge in [0.25, 0.3) is 0 Å². The quantitative estimate of drug-likeness (QED) is 0.644. The highest BCUT2D eigenvalue weighted by molar-refractivity contribution is 7.98. The summed E-state index contributed by atoms with van der Waals surface area (Å²) in [6.07, 6.45) is 3.91. The second-order valence-electron chi connectivity index (χ2n) is 4.68. The maximum absolute atomic E-state index is 5.57. The van der Waals surface area contributed by atoms with E-state index in [-0.39, 0.29) is 5.60 Å². The van der Waals surface area contributed by atoms with Crippen LogP contribution in [0.5, 0.6) is 0 Å². The lowest BCUT2D eigenvalue weighted by atomic mass is 10.2. The van der Waals surface area contributed by atoms with E-state index in [0.29, 0.717) is 12.4 Å². The van der Waals surface area contributed by atoms with Gasteiger partial charge in [-0.25, -0.2) is 0 Å². The molecule has 0 saturated carbocycles. The molecule has 0 amide bonds. The zero-order valence-electron chi connectivity index (χ0n) is 10.9. The molecular weight excluding hydrogens is 232 g/mol. The summed E-state index contributed by atoms with van der Waals surface area (Å²) in [7, 11) is 0. The van der Waals surface area contributed by atoms with Crippen LogP contribution in [-0.4, -0.2) is 16.8 Å². The Balaban J connectivity index is 2.42. The fourth-order valence-electron chi connectivity index (χ4n) is 1.23. The molecule has 17 heavy (non-hydrogen) atoms. The number of thioether (sulfide) groups is 1. The van der Waals surface area contributed by atoms with Crippen LogP contribution in [0.1, 0.15) is 26.5 Å². The fraction of sp³-hybridized carbons (Fsp3) is 0.462. The van der Waals surface area contributed by atoms with E-state index in [1.165, 1.54) is 4.90 Å². The van der Waals surface area contributed by atoms with Crippen molar-refractivity contribution in [3.05, 3.63) is 36.5 Å². The number of pyridine rings is 1. The van der Waals surface area contributed by atoms with Gasteiger partial charge in [-0.1, -0.05) is 0 Å². The number of nitrogens with zero attached hydrogens (tertiary/aromatic N) is 1. The van der Waals surface area contributed by atoms with Crippen LogP contribution < -0.4 is 5.32 Å². The summed E-state index contributed by atoms with van der Waals surface area (Å²) in [6, 6.07) is 4.06. The molecule has 0 radical (unpaired) electrons. The van der Waals surface area contributed by atoms with Crippen molar-refractivity contribution in [3.63, 3.8) is 0 Å². The second-order valence-corrected chi connectivity index (χ2v) is 5.56. The summed E-state index contributed by atoms with van der Waals surface area (Å²) in [6.45, 7) is 10.4. The van der Waals surface area contributed by atoms with Crippen molar-refractivity contribution in [2.24, 2.45) is 0 Å². The average molecular weight is 252 g/mol. The summed E-state index contributed by atoms with van der Waals surface area (Å²) < 4.78 is 5.57. The van der Waals surface area contributed by atoms with Gasteiger partial charge in [0.2, 0.25) is 0 Å². The monoisotopic (exact) mass is 252 g/mol. The van der Waals surface area contributed by atoms with E-state index in [2.05, 4.69) is 22.9 Å². The van der Waals surface area contributed by atoms with Gasteiger partial charge in [-0.2, -0.15) is 0 Å². The molecule has 3 nitrogen and oxygen atoms in total. The van der Waals surface area contributed by atoms with Gasteiger partial charge >= 0.3 is 0 Å². The first-order valence-electron chi connectivity index (χ1n) is 5.51. The largest absolute Gasteiger partial charge is 0.474 e. The zero-order valence-corrected chi connectivity index (χ0v) is 11.7. The Morgan fingerprint density at radius 1 is 1.47 bits per heavy atom. The molecule has 94 valence electrons. The van der Waals surface area contributed by atoms with Gasteiger partial charge in [0.15, 0.2) is 5.88 Å². The highest BCUT2D eigenvalue weighted by Crippen LogP contribution is 2.13. The smallest absolute Gasteiger partial charge is 0.180 e. The lowest BCUT2D eigenvalue weighted by molar-refractivity contribution is 0.0410. The minimum Gasteiger partial charge on any atom is -0.474 e. The van der Waals surface area contributed by atoms with Gasteiger partial charge in [-0.3, -0.25) is 4.98 Å². The van der Waals surface area contributed by atoms with Crippen LogP contribution in [0, 0.1) is 0 Å². The van der Waals surface area contributed by atoms with Gasteiger partial charge < -0.3 is 10.1 Å². The van der Waals surface area contributed by atoms with Crippen molar-refractivity contribution < 1.29 is 4.74 Å². The van der Waals surface area contributed by atoms with Crippen molar-refractivity contribution in [3.8, 4) is 0 Å². The number of rotatable bonds is 5. The Labute approximate surface area is 108 Å². The third-order valence-electron chi connectivity index (χ3n) is 1.93. The lowest BCUT2D eigenvalue weighted by Crippen LogP contribution is -2.25. The van der Waals surface area contributed by atoms with Crippen LogP contribution in [-0.2, 0) is 11.3 Å². The maximum Gasteiger partial charge on any atom is 0.180 e. The molecule has 1 heterocycles. The Morgan fingerprint density at radius 2 is 2.18 bits per heavy atom. The molecule has 1 N–H and O–H groups in total. The molecule has 0 fully saturated rings. The zero-order chi connectivity index (χ0) is 12.9. The first kappa shape index (κ1) is 13.9. The topological polar surface area (TPSA) is 34.2 Å². The highest BCUT2D eigenvalue weighted by Gasteiger charge is 2.11. The van der Waals surface area contributed by atoms with Crippen molar-refractivity contribution >= 4 is 11.8 Å². The maximum atomic E-state index is 5.57. The van der Waals surface area contributed by atoms with Crippen LogP contribution in [0.3, 0.4) is 0 Å². The standard InChI is InChI=1S/C13H20N2OS/c1-10(16-13(2,3)4)14-8-11-6-7-12(17-5)9-15-11/h6-7,9,14H,1,8H2,2-5H3. The first-order chi connectivity index (χ1) is 7.90. The second kappa shape index (κ2) is 5.96. The van der Waals surface area contributed by atoms with Crippen molar-refractivity contribution in [2.45, 2.75) is 37.8 Å². The number of nitrogens with one attached hydrogen (secondary N) is 1. The Bertz CT molecular complexity index is 368. The van der Waals surface area contributed by atoms with E-state index >= 15 is 0 Å². The minimum absolute atomic E-state index is 0.222. The molecule has 0 saturated heterocycles. The SMILES string of the molecule is C=C(NCc1ccc(SC)cn1)OC(C)(C)C. The van der Waals surface area contributed by atoms with Crippen LogP contribution in [0.2, 0.25) is 0 Å². The lowest BCUT2D eigenvalue weighted by Gasteiger charge is -2.23. The fourth-order valence-corrected chi connectivity index (χ4v) is 1.59. The predicted molar refractivity (Wildman–Crippen MR) is 72.8 cm³/mol. The number of ether oxygens (including phenoxy) is 1. The van der Waals surface area contributed by atoms with E-state index in [1.54, 1.807) is 11.8 Å². The van der Waals surface area contributed by atoms with Gasteiger partial charge in [-0.15, -0.1) is 11.8 Å². The van der Waals surface area contributed by atoms with Crippen molar-refractivity contribution in [1.82, 2.24) is 10.3 Å².